The first-order valence-electron chi connectivity index (χ1n) is 5.08. The van der Waals surface area contributed by atoms with Crippen molar-refractivity contribution >= 4 is 17.2 Å². The smallest absolute Gasteiger partial charge is 0.203 e. The highest BCUT2D eigenvalue weighted by molar-refractivity contribution is 6.46. The van der Waals surface area contributed by atoms with E-state index in [1.807, 2.05) is 0 Å². The molecule has 1 rings (SSSR count). The number of hydrazone groups is 1. The second kappa shape index (κ2) is 5.75. The summed E-state index contributed by atoms with van der Waals surface area (Å²) >= 11 is 0. The van der Waals surface area contributed by atoms with E-state index in [4.69, 9.17) is 5.26 Å². The van der Waals surface area contributed by atoms with E-state index in [1.54, 1.807) is 19.9 Å². The van der Waals surface area contributed by atoms with E-state index >= 15 is 0 Å². The monoisotopic (exact) mass is 233 g/mol. The molecular formula is C12H12FN3O. The van der Waals surface area contributed by atoms with Crippen molar-refractivity contribution in [3.8, 4) is 6.07 Å². The zero-order chi connectivity index (χ0) is 12.8. The molecular weight excluding hydrogens is 221 g/mol. The predicted molar refractivity (Wildman–Crippen MR) is 62.9 cm³/mol. The second-order valence-corrected chi connectivity index (χ2v) is 3.71. The Labute approximate surface area is 98.8 Å². The molecule has 0 fully saturated rings. The van der Waals surface area contributed by atoms with Gasteiger partial charge in [-0.05, 0) is 24.3 Å². The van der Waals surface area contributed by atoms with E-state index in [-0.39, 0.29) is 23.2 Å². The van der Waals surface area contributed by atoms with Crippen molar-refractivity contribution in [3.63, 3.8) is 0 Å². The lowest BCUT2D eigenvalue weighted by Gasteiger charge is -2.03. The summed E-state index contributed by atoms with van der Waals surface area (Å²) < 4.78 is 12.6. The number of nitrogens with zero attached hydrogens (tertiary/aromatic N) is 2. The molecule has 4 nitrogen and oxygen atoms in total. The van der Waals surface area contributed by atoms with Gasteiger partial charge in [0.1, 0.15) is 11.9 Å². The van der Waals surface area contributed by atoms with Gasteiger partial charge in [0.2, 0.25) is 5.71 Å². The Morgan fingerprint density at radius 1 is 1.41 bits per heavy atom. The summed E-state index contributed by atoms with van der Waals surface area (Å²) in [6, 6.07) is 7.18. The summed E-state index contributed by atoms with van der Waals surface area (Å²) in [5.41, 5.74) is 2.86. The number of carbonyl (C=O) groups is 1. The van der Waals surface area contributed by atoms with Crippen molar-refractivity contribution in [3.05, 3.63) is 30.1 Å². The summed E-state index contributed by atoms with van der Waals surface area (Å²) in [6.07, 6.45) is 0. The van der Waals surface area contributed by atoms with Crippen LogP contribution in [0.1, 0.15) is 13.8 Å². The number of benzene rings is 1. The maximum Gasteiger partial charge on any atom is 0.203 e. The largest absolute Gasteiger partial charge is 0.291 e. The average molecular weight is 233 g/mol. The molecule has 1 aromatic rings. The molecule has 0 atom stereocenters. The summed E-state index contributed by atoms with van der Waals surface area (Å²) in [6.45, 7) is 3.38. The van der Waals surface area contributed by atoms with E-state index in [1.165, 1.54) is 24.3 Å². The fraction of sp³-hybridized carbons (Fsp3) is 0.250. The fourth-order valence-electron chi connectivity index (χ4n) is 1.05. The Kier molecular flexibility index (Phi) is 4.35. The molecule has 17 heavy (non-hydrogen) atoms. The topological polar surface area (TPSA) is 65.2 Å². The normalized spacial score (nSPS) is 11.1. The number of carbonyl (C=O) groups excluding carboxylic acids is 1. The number of nitriles is 1. The molecule has 0 aliphatic carbocycles. The van der Waals surface area contributed by atoms with E-state index in [0.717, 1.165) is 0 Å². The number of hydrogen-bond acceptors (Lipinski definition) is 4. The SMILES string of the molecule is CC(C)C(=O)/C(C#N)=N\Nc1ccc(F)cc1. The predicted octanol–water partition coefficient (Wildman–Crippen LogP) is 2.34. The number of rotatable bonds is 4. The Morgan fingerprint density at radius 3 is 2.47 bits per heavy atom. The third kappa shape index (κ3) is 3.68. The van der Waals surface area contributed by atoms with Gasteiger partial charge in [0.05, 0.1) is 5.69 Å². The minimum absolute atomic E-state index is 0.190. The van der Waals surface area contributed by atoms with Gasteiger partial charge < -0.3 is 0 Å². The van der Waals surface area contributed by atoms with Crippen molar-refractivity contribution < 1.29 is 9.18 Å². The van der Waals surface area contributed by atoms with E-state index < -0.39 is 0 Å². The lowest BCUT2D eigenvalue weighted by atomic mass is 10.1. The van der Waals surface area contributed by atoms with Crippen LogP contribution in [0, 0.1) is 23.1 Å². The third-order valence-corrected chi connectivity index (χ3v) is 2.00. The van der Waals surface area contributed by atoms with Gasteiger partial charge >= 0.3 is 0 Å². The molecule has 0 heterocycles. The van der Waals surface area contributed by atoms with Gasteiger partial charge in [-0.25, -0.2) is 4.39 Å². The minimum Gasteiger partial charge on any atom is -0.291 e. The molecule has 0 bridgehead atoms. The van der Waals surface area contributed by atoms with Crippen molar-refractivity contribution in [2.75, 3.05) is 5.43 Å². The molecule has 5 heteroatoms. The van der Waals surface area contributed by atoms with Crippen molar-refractivity contribution in [2.45, 2.75) is 13.8 Å². The quantitative estimate of drug-likeness (QED) is 0.641. The average Bonchev–Trinajstić information content (AvgIpc) is 2.31. The number of halogens is 1. The lowest BCUT2D eigenvalue weighted by molar-refractivity contribution is -0.115. The molecule has 0 aromatic heterocycles. The summed E-state index contributed by atoms with van der Waals surface area (Å²) in [5, 5.41) is 12.5. The van der Waals surface area contributed by atoms with Crippen LogP contribution in [0.4, 0.5) is 10.1 Å². The molecule has 0 amide bonds. The van der Waals surface area contributed by atoms with Gasteiger partial charge in [-0.1, -0.05) is 13.8 Å². The van der Waals surface area contributed by atoms with Crippen LogP contribution in [-0.4, -0.2) is 11.5 Å². The number of Topliss-reactive ketones (excluding diaryl/α,β-unsaturated/α-hetero) is 1. The van der Waals surface area contributed by atoms with Crippen LogP contribution < -0.4 is 5.43 Å². The maximum atomic E-state index is 12.6. The molecule has 0 spiro atoms. The molecule has 0 saturated carbocycles. The van der Waals surface area contributed by atoms with Crippen LogP contribution in [0.5, 0.6) is 0 Å². The Morgan fingerprint density at radius 2 is 2.00 bits per heavy atom. The third-order valence-electron chi connectivity index (χ3n) is 2.00. The molecule has 0 aliphatic rings. The second-order valence-electron chi connectivity index (χ2n) is 3.71. The van der Waals surface area contributed by atoms with Gasteiger partial charge in [-0.15, -0.1) is 0 Å². The van der Waals surface area contributed by atoms with Crippen molar-refractivity contribution in [1.82, 2.24) is 0 Å². The highest BCUT2D eigenvalue weighted by Crippen LogP contribution is 2.08. The Hall–Kier alpha value is -2.22. The Balaban J connectivity index is 2.78. The van der Waals surface area contributed by atoms with E-state index in [9.17, 15) is 9.18 Å². The first-order chi connectivity index (χ1) is 8.04. The number of ketones is 1. The van der Waals surface area contributed by atoms with Crippen LogP contribution in [0.15, 0.2) is 29.4 Å². The van der Waals surface area contributed by atoms with Gasteiger partial charge in [0, 0.05) is 5.92 Å². The highest BCUT2D eigenvalue weighted by Gasteiger charge is 2.14. The minimum atomic E-state index is -0.363. The van der Waals surface area contributed by atoms with Crippen LogP contribution in [0.3, 0.4) is 0 Å². The lowest BCUT2D eigenvalue weighted by Crippen LogP contribution is -2.19. The Bertz CT molecular complexity index is 472. The van der Waals surface area contributed by atoms with Gasteiger partial charge in [0.15, 0.2) is 5.78 Å². The van der Waals surface area contributed by atoms with Crippen LogP contribution in [0.2, 0.25) is 0 Å². The van der Waals surface area contributed by atoms with Gasteiger partial charge in [-0.2, -0.15) is 10.4 Å². The first-order valence-corrected chi connectivity index (χ1v) is 5.08. The van der Waals surface area contributed by atoms with Crippen LogP contribution in [-0.2, 0) is 4.79 Å². The zero-order valence-electron chi connectivity index (χ0n) is 9.57. The molecule has 0 saturated heterocycles. The molecule has 88 valence electrons. The molecule has 0 radical (unpaired) electrons. The summed E-state index contributed by atoms with van der Waals surface area (Å²) in [5.74, 6) is -0.983. The zero-order valence-corrected chi connectivity index (χ0v) is 9.57. The van der Waals surface area contributed by atoms with E-state index in [0.29, 0.717) is 5.69 Å². The first kappa shape index (κ1) is 12.8. The molecule has 0 unspecified atom stereocenters. The molecule has 1 N–H and O–H groups in total. The maximum absolute atomic E-state index is 12.6. The standard InChI is InChI=1S/C12H12FN3O/c1-8(2)12(17)11(7-14)16-15-10-5-3-9(13)4-6-10/h3-6,8,15H,1-2H3/b16-11-. The van der Waals surface area contributed by atoms with E-state index in [2.05, 4.69) is 10.5 Å². The van der Waals surface area contributed by atoms with Gasteiger partial charge in [0.25, 0.3) is 0 Å². The van der Waals surface area contributed by atoms with Crippen molar-refractivity contribution in [1.29, 1.82) is 5.26 Å². The molecule has 1 aromatic carbocycles. The summed E-state index contributed by atoms with van der Waals surface area (Å²) in [7, 11) is 0. The van der Waals surface area contributed by atoms with Gasteiger partial charge in [-0.3, -0.25) is 10.2 Å². The summed E-state index contributed by atoms with van der Waals surface area (Å²) in [4.78, 5) is 11.5. The van der Waals surface area contributed by atoms with Crippen molar-refractivity contribution in [2.24, 2.45) is 11.0 Å². The highest BCUT2D eigenvalue weighted by atomic mass is 19.1. The van der Waals surface area contributed by atoms with Crippen LogP contribution in [0.25, 0.3) is 0 Å². The van der Waals surface area contributed by atoms with Crippen LogP contribution >= 0.6 is 0 Å². The number of anilines is 1. The molecule has 0 aliphatic heterocycles. The fourth-order valence-corrected chi connectivity index (χ4v) is 1.05. The number of hydrogen-bond donors (Lipinski definition) is 1. The number of nitrogens with one attached hydrogen (secondary N) is 1.